The predicted octanol–water partition coefficient (Wildman–Crippen LogP) is 6.71. The van der Waals surface area contributed by atoms with Crippen molar-refractivity contribution in [1.82, 2.24) is 9.97 Å². The summed E-state index contributed by atoms with van der Waals surface area (Å²) >= 11 is 0. The molecule has 0 saturated carbocycles. The van der Waals surface area contributed by atoms with Gasteiger partial charge in [-0.25, -0.2) is 4.98 Å². The molecule has 5 rings (SSSR count). The van der Waals surface area contributed by atoms with E-state index < -0.39 is 0 Å². The zero-order chi connectivity index (χ0) is 20.3. The molecule has 0 atom stereocenters. The van der Waals surface area contributed by atoms with Crippen LogP contribution in [0.2, 0.25) is 0 Å². The van der Waals surface area contributed by atoms with Crippen LogP contribution < -0.4 is 9.64 Å². The van der Waals surface area contributed by atoms with Gasteiger partial charge in [-0.15, -0.1) is 0 Å². The Labute approximate surface area is 175 Å². The Balaban J connectivity index is 1.53. The fourth-order valence-electron chi connectivity index (χ4n) is 3.62. The minimum absolute atomic E-state index is 0.814. The van der Waals surface area contributed by atoms with Crippen molar-refractivity contribution in [2.45, 2.75) is 0 Å². The normalized spacial score (nSPS) is 10.8. The van der Waals surface area contributed by atoms with E-state index in [4.69, 9.17) is 9.72 Å². The molecule has 1 N–H and O–H groups in total. The number of nitrogens with zero attached hydrogens (tertiary/aromatic N) is 2. The van der Waals surface area contributed by atoms with Crippen LogP contribution in [-0.4, -0.2) is 17.1 Å². The van der Waals surface area contributed by atoms with Gasteiger partial charge in [0.1, 0.15) is 11.6 Å². The Morgan fingerprint density at radius 1 is 0.700 bits per heavy atom. The largest absolute Gasteiger partial charge is 0.497 e. The number of para-hydroxylation sites is 2. The van der Waals surface area contributed by atoms with Gasteiger partial charge in [-0.1, -0.05) is 36.4 Å². The summed E-state index contributed by atoms with van der Waals surface area (Å²) in [5, 5.41) is 0. The smallest absolute Gasteiger partial charge is 0.138 e. The molecule has 0 bridgehead atoms. The molecule has 4 heteroatoms. The highest BCUT2D eigenvalue weighted by Crippen LogP contribution is 2.35. The van der Waals surface area contributed by atoms with Crippen molar-refractivity contribution >= 4 is 28.1 Å². The molecule has 0 aliphatic carbocycles. The molecule has 4 aromatic carbocycles. The monoisotopic (exact) mass is 391 g/mol. The molecule has 0 fully saturated rings. The van der Waals surface area contributed by atoms with Crippen LogP contribution in [0.15, 0.2) is 103 Å². The van der Waals surface area contributed by atoms with Gasteiger partial charge >= 0.3 is 0 Å². The van der Waals surface area contributed by atoms with Gasteiger partial charge in [-0.3, -0.25) is 0 Å². The van der Waals surface area contributed by atoms with Gasteiger partial charge in [0.05, 0.1) is 18.1 Å². The number of rotatable bonds is 5. The highest BCUT2D eigenvalue weighted by atomic mass is 16.5. The number of methoxy groups -OCH3 is 1. The molecule has 5 aromatic rings. The Morgan fingerprint density at radius 2 is 1.30 bits per heavy atom. The van der Waals surface area contributed by atoms with E-state index in [-0.39, 0.29) is 0 Å². The third-order valence-corrected chi connectivity index (χ3v) is 5.12. The van der Waals surface area contributed by atoms with E-state index in [0.29, 0.717) is 0 Å². The molecule has 0 saturated heterocycles. The molecular weight excluding hydrogens is 370 g/mol. The molecule has 1 aromatic heterocycles. The molecule has 146 valence electrons. The summed E-state index contributed by atoms with van der Waals surface area (Å²) in [6.45, 7) is 0. The van der Waals surface area contributed by atoms with E-state index in [1.807, 2.05) is 30.3 Å². The predicted molar refractivity (Wildman–Crippen MR) is 123 cm³/mol. The van der Waals surface area contributed by atoms with Crippen molar-refractivity contribution in [1.29, 1.82) is 0 Å². The minimum atomic E-state index is 0.814. The van der Waals surface area contributed by atoms with Gasteiger partial charge in [0.25, 0.3) is 0 Å². The van der Waals surface area contributed by atoms with Crippen LogP contribution in [0.4, 0.5) is 17.1 Å². The number of aromatic amines is 1. The second-order valence-electron chi connectivity index (χ2n) is 7.02. The van der Waals surface area contributed by atoms with Crippen LogP contribution in [0.1, 0.15) is 0 Å². The summed E-state index contributed by atoms with van der Waals surface area (Å²) in [4.78, 5) is 10.4. The van der Waals surface area contributed by atoms with Crippen molar-refractivity contribution in [3.8, 4) is 17.1 Å². The zero-order valence-corrected chi connectivity index (χ0v) is 16.6. The van der Waals surface area contributed by atoms with Crippen LogP contribution in [0, 0.1) is 0 Å². The maximum absolute atomic E-state index is 5.31. The fourth-order valence-corrected chi connectivity index (χ4v) is 3.62. The van der Waals surface area contributed by atoms with E-state index in [0.717, 1.165) is 45.2 Å². The maximum Gasteiger partial charge on any atom is 0.138 e. The second kappa shape index (κ2) is 7.76. The van der Waals surface area contributed by atoms with E-state index in [9.17, 15) is 0 Å². The fraction of sp³-hybridized carbons (Fsp3) is 0.0385. The van der Waals surface area contributed by atoms with Gasteiger partial charge in [-0.2, -0.15) is 0 Å². The molecule has 4 nitrogen and oxygen atoms in total. The standard InChI is InChI=1S/C26H21N3O/c1-30-23-16-17-24-25(18-23)28-26(27-24)19-12-14-22(15-13-19)29(20-8-4-2-5-9-20)21-10-6-3-7-11-21/h2-18H,1H3,(H,27,28). The van der Waals surface area contributed by atoms with Crippen molar-refractivity contribution in [3.05, 3.63) is 103 Å². The summed E-state index contributed by atoms with van der Waals surface area (Å²) in [5.74, 6) is 1.66. The minimum Gasteiger partial charge on any atom is -0.497 e. The molecule has 0 amide bonds. The number of H-pyrrole nitrogens is 1. The number of fused-ring (bicyclic) bond motifs is 1. The molecule has 0 aliphatic heterocycles. The van der Waals surface area contributed by atoms with Crippen LogP contribution in [0.5, 0.6) is 5.75 Å². The number of anilines is 3. The Morgan fingerprint density at radius 3 is 1.90 bits per heavy atom. The van der Waals surface area contributed by atoms with Crippen molar-refractivity contribution in [2.24, 2.45) is 0 Å². The Bertz CT molecular complexity index is 1220. The summed E-state index contributed by atoms with van der Waals surface area (Å²) in [6, 6.07) is 35.1. The third-order valence-electron chi connectivity index (χ3n) is 5.12. The lowest BCUT2D eigenvalue weighted by Crippen LogP contribution is -2.09. The first-order valence-electron chi connectivity index (χ1n) is 9.86. The molecular formula is C26H21N3O. The lowest BCUT2D eigenvalue weighted by Gasteiger charge is -2.25. The molecule has 1 heterocycles. The number of nitrogens with one attached hydrogen (secondary N) is 1. The molecule has 0 aliphatic rings. The Hall–Kier alpha value is -4.05. The molecule has 0 unspecified atom stereocenters. The second-order valence-corrected chi connectivity index (χ2v) is 7.02. The van der Waals surface area contributed by atoms with E-state index in [1.165, 1.54) is 0 Å². The SMILES string of the molecule is COc1ccc2nc(-c3ccc(N(c4ccccc4)c4ccccc4)cc3)[nH]c2c1. The topological polar surface area (TPSA) is 41.1 Å². The highest BCUT2D eigenvalue weighted by Gasteiger charge is 2.13. The van der Waals surface area contributed by atoms with Crippen molar-refractivity contribution < 1.29 is 4.74 Å². The average Bonchev–Trinajstić information content (AvgIpc) is 3.24. The number of imidazole rings is 1. The number of hydrogen-bond acceptors (Lipinski definition) is 3. The summed E-state index contributed by atoms with van der Waals surface area (Å²) in [6.07, 6.45) is 0. The lowest BCUT2D eigenvalue weighted by atomic mass is 10.1. The number of benzene rings is 4. The Kier molecular flexibility index (Phi) is 4.66. The maximum atomic E-state index is 5.31. The number of ether oxygens (including phenoxy) is 1. The number of hydrogen-bond donors (Lipinski definition) is 1. The molecule has 0 radical (unpaired) electrons. The van der Waals surface area contributed by atoms with Crippen molar-refractivity contribution in [3.63, 3.8) is 0 Å². The van der Waals surface area contributed by atoms with E-state index in [1.54, 1.807) is 7.11 Å². The summed E-state index contributed by atoms with van der Waals surface area (Å²) in [5.41, 5.74) is 6.25. The quantitative estimate of drug-likeness (QED) is 0.362. The molecule has 30 heavy (non-hydrogen) atoms. The summed E-state index contributed by atoms with van der Waals surface area (Å²) in [7, 11) is 1.67. The van der Waals surface area contributed by atoms with Crippen LogP contribution in [0.3, 0.4) is 0 Å². The highest BCUT2D eigenvalue weighted by molar-refractivity contribution is 5.82. The van der Waals surface area contributed by atoms with E-state index >= 15 is 0 Å². The van der Waals surface area contributed by atoms with Crippen LogP contribution >= 0.6 is 0 Å². The zero-order valence-electron chi connectivity index (χ0n) is 16.6. The first-order valence-corrected chi connectivity index (χ1v) is 9.86. The van der Waals surface area contributed by atoms with Crippen LogP contribution in [-0.2, 0) is 0 Å². The lowest BCUT2D eigenvalue weighted by molar-refractivity contribution is 0.415. The van der Waals surface area contributed by atoms with Crippen LogP contribution in [0.25, 0.3) is 22.4 Å². The first-order chi connectivity index (χ1) is 14.8. The third kappa shape index (κ3) is 3.40. The first kappa shape index (κ1) is 18.0. The van der Waals surface area contributed by atoms with Gasteiger partial charge in [-0.05, 0) is 60.7 Å². The van der Waals surface area contributed by atoms with Crippen molar-refractivity contribution in [2.75, 3.05) is 12.0 Å². The van der Waals surface area contributed by atoms with Gasteiger partial charge in [0, 0.05) is 28.7 Å². The number of aromatic nitrogens is 2. The summed E-state index contributed by atoms with van der Waals surface area (Å²) < 4.78 is 5.31. The van der Waals surface area contributed by atoms with E-state index in [2.05, 4.69) is 82.7 Å². The van der Waals surface area contributed by atoms with Gasteiger partial charge in [0.15, 0.2) is 0 Å². The van der Waals surface area contributed by atoms with Gasteiger partial charge < -0.3 is 14.6 Å². The van der Waals surface area contributed by atoms with Gasteiger partial charge in [0.2, 0.25) is 0 Å². The average molecular weight is 391 g/mol. The molecule has 0 spiro atoms.